The van der Waals surface area contributed by atoms with Gasteiger partial charge in [-0.1, -0.05) is 12.1 Å². The van der Waals surface area contributed by atoms with Gasteiger partial charge in [0.1, 0.15) is 11.9 Å². The summed E-state index contributed by atoms with van der Waals surface area (Å²) in [6.45, 7) is 7.00. The van der Waals surface area contributed by atoms with Crippen LogP contribution in [0, 0.1) is 0 Å². The summed E-state index contributed by atoms with van der Waals surface area (Å²) in [5.74, 6) is 0.618. The van der Waals surface area contributed by atoms with Crippen LogP contribution in [-0.2, 0) is 16.0 Å². The predicted molar refractivity (Wildman–Crippen MR) is 86.2 cm³/mol. The Balaban J connectivity index is 1.73. The zero-order chi connectivity index (χ0) is 15.9. The van der Waals surface area contributed by atoms with Gasteiger partial charge in [0, 0.05) is 32.7 Å². The number of ether oxygens (including phenoxy) is 2. The molecule has 0 N–H and O–H groups in total. The van der Waals surface area contributed by atoms with Crippen LogP contribution in [0.5, 0.6) is 5.75 Å². The largest absolute Gasteiger partial charge is 0.497 e. The molecule has 0 amide bonds. The molecule has 0 aromatic heterocycles. The molecule has 22 heavy (non-hydrogen) atoms. The lowest BCUT2D eigenvalue weighted by Crippen LogP contribution is -2.47. The van der Waals surface area contributed by atoms with Crippen molar-refractivity contribution in [2.75, 3.05) is 46.9 Å². The Morgan fingerprint density at radius 3 is 2.41 bits per heavy atom. The summed E-state index contributed by atoms with van der Waals surface area (Å²) in [6, 6.07) is 7.50. The van der Waals surface area contributed by atoms with E-state index in [1.165, 1.54) is 0 Å². The maximum absolute atomic E-state index is 12.0. The van der Waals surface area contributed by atoms with Crippen LogP contribution in [0.15, 0.2) is 24.3 Å². The quantitative estimate of drug-likeness (QED) is 0.744. The van der Waals surface area contributed by atoms with E-state index in [1.807, 2.05) is 31.2 Å². The summed E-state index contributed by atoms with van der Waals surface area (Å²) in [5.41, 5.74) is 0.942. The molecule has 0 spiro atoms. The second-order valence-corrected chi connectivity index (χ2v) is 5.93. The van der Waals surface area contributed by atoms with Gasteiger partial charge in [0.2, 0.25) is 0 Å². The molecule has 0 saturated carbocycles. The molecule has 1 aromatic rings. The van der Waals surface area contributed by atoms with Crippen molar-refractivity contribution < 1.29 is 14.3 Å². The first-order chi connectivity index (χ1) is 10.6. The summed E-state index contributed by atoms with van der Waals surface area (Å²) in [4.78, 5) is 16.7. The summed E-state index contributed by atoms with van der Waals surface area (Å²) < 4.78 is 10.6. The summed E-state index contributed by atoms with van der Waals surface area (Å²) in [6.07, 6.45) is 0.228. The maximum Gasteiger partial charge on any atom is 0.310 e. The van der Waals surface area contributed by atoms with Gasteiger partial charge in [0.15, 0.2) is 0 Å². The highest BCUT2D eigenvalue weighted by molar-refractivity contribution is 5.72. The summed E-state index contributed by atoms with van der Waals surface area (Å²) >= 11 is 0. The Morgan fingerprint density at radius 1 is 1.18 bits per heavy atom. The Morgan fingerprint density at radius 2 is 1.82 bits per heavy atom. The van der Waals surface area contributed by atoms with Crippen molar-refractivity contribution >= 4 is 5.97 Å². The lowest BCUT2D eigenvalue weighted by Gasteiger charge is -2.33. The Hall–Kier alpha value is -1.59. The van der Waals surface area contributed by atoms with Crippen LogP contribution in [0.3, 0.4) is 0 Å². The number of piperazine rings is 1. The van der Waals surface area contributed by atoms with Gasteiger partial charge in [-0.2, -0.15) is 0 Å². The van der Waals surface area contributed by atoms with Crippen LogP contribution < -0.4 is 4.74 Å². The zero-order valence-electron chi connectivity index (χ0n) is 13.7. The molecule has 2 rings (SSSR count). The second kappa shape index (κ2) is 8.15. The molecule has 1 fully saturated rings. The molecule has 0 aliphatic carbocycles. The van der Waals surface area contributed by atoms with Gasteiger partial charge < -0.3 is 14.4 Å². The fraction of sp³-hybridized carbons (Fsp3) is 0.588. The van der Waals surface area contributed by atoms with E-state index in [-0.39, 0.29) is 12.1 Å². The number of carbonyl (C=O) groups is 1. The number of nitrogens with zero attached hydrogens (tertiary/aromatic N) is 2. The summed E-state index contributed by atoms with van der Waals surface area (Å²) in [7, 11) is 3.76. The van der Waals surface area contributed by atoms with Gasteiger partial charge in [-0.3, -0.25) is 9.69 Å². The van der Waals surface area contributed by atoms with Gasteiger partial charge in [-0.05, 0) is 31.7 Å². The molecule has 0 unspecified atom stereocenters. The molecule has 1 aliphatic heterocycles. The SMILES string of the molecule is COc1ccc(CC(=O)O[C@H](C)CN2CCN(C)CC2)cc1. The molecule has 1 saturated heterocycles. The van der Waals surface area contributed by atoms with Gasteiger partial charge in [-0.15, -0.1) is 0 Å². The molecular weight excluding hydrogens is 280 g/mol. The normalized spacial score (nSPS) is 18.0. The van der Waals surface area contributed by atoms with Gasteiger partial charge in [-0.25, -0.2) is 0 Å². The van der Waals surface area contributed by atoms with E-state index in [2.05, 4.69) is 16.8 Å². The fourth-order valence-electron chi connectivity index (χ4n) is 2.61. The number of benzene rings is 1. The molecule has 5 nitrogen and oxygen atoms in total. The van der Waals surface area contributed by atoms with Crippen molar-refractivity contribution in [3.63, 3.8) is 0 Å². The van der Waals surface area contributed by atoms with Crippen molar-refractivity contribution in [2.24, 2.45) is 0 Å². The smallest absolute Gasteiger partial charge is 0.310 e. The first-order valence-corrected chi connectivity index (χ1v) is 7.80. The predicted octanol–water partition coefficient (Wildman–Crippen LogP) is 1.42. The van der Waals surface area contributed by atoms with Crippen molar-refractivity contribution in [1.29, 1.82) is 0 Å². The van der Waals surface area contributed by atoms with Gasteiger partial charge >= 0.3 is 5.97 Å². The lowest BCUT2D eigenvalue weighted by molar-refractivity contribution is -0.148. The number of carbonyl (C=O) groups excluding carboxylic acids is 1. The molecule has 122 valence electrons. The second-order valence-electron chi connectivity index (χ2n) is 5.93. The van der Waals surface area contributed by atoms with E-state index in [4.69, 9.17) is 9.47 Å². The van der Waals surface area contributed by atoms with Crippen LogP contribution in [0.2, 0.25) is 0 Å². The minimum absolute atomic E-state index is 0.0749. The zero-order valence-corrected chi connectivity index (χ0v) is 13.7. The Bertz CT molecular complexity index is 467. The third-order valence-electron chi connectivity index (χ3n) is 3.95. The van der Waals surface area contributed by atoms with Crippen LogP contribution in [0.4, 0.5) is 0 Å². The number of methoxy groups -OCH3 is 1. The number of rotatable bonds is 6. The standard InChI is InChI=1S/C17H26N2O3/c1-14(13-19-10-8-18(2)9-11-19)22-17(20)12-15-4-6-16(21-3)7-5-15/h4-7,14H,8-13H2,1-3H3/t14-/m1/s1. The van der Waals surface area contributed by atoms with Gasteiger partial charge in [0.25, 0.3) is 0 Å². The molecule has 5 heteroatoms. The number of likely N-dealkylation sites (N-methyl/N-ethyl adjacent to an activating group) is 1. The van der Waals surface area contributed by atoms with E-state index in [1.54, 1.807) is 7.11 Å². The number of hydrogen-bond donors (Lipinski definition) is 0. The highest BCUT2D eigenvalue weighted by atomic mass is 16.5. The monoisotopic (exact) mass is 306 g/mol. The highest BCUT2D eigenvalue weighted by Gasteiger charge is 2.18. The minimum Gasteiger partial charge on any atom is -0.497 e. The summed E-state index contributed by atoms with van der Waals surface area (Å²) in [5, 5.41) is 0. The van der Waals surface area contributed by atoms with E-state index < -0.39 is 0 Å². The average Bonchev–Trinajstić information content (AvgIpc) is 2.50. The molecule has 1 aromatic carbocycles. The van der Waals surface area contributed by atoms with Gasteiger partial charge in [0.05, 0.1) is 13.5 Å². The minimum atomic E-state index is -0.174. The third kappa shape index (κ3) is 5.31. The molecular formula is C17H26N2O3. The molecule has 1 aliphatic rings. The van der Waals surface area contributed by atoms with Crippen LogP contribution in [0.25, 0.3) is 0 Å². The first-order valence-electron chi connectivity index (χ1n) is 7.80. The fourth-order valence-corrected chi connectivity index (χ4v) is 2.61. The third-order valence-corrected chi connectivity index (χ3v) is 3.95. The Kier molecular flexibility index (Phi) is 6.21. The van der Waals surface area contributed by atoms with Crippen molar-refractivity contribution in [3.8, 4) is 5.75 Å². The van der Waals surface area contributed by atoms with Crippen molar-refractivity contribution in [2.45, 2.75) is 19.4 Å². The number of hydrogen-bond acceptors (Lipinski definition) is 5. The van der Waals surface area contributed by atoms with Crippen LogP contribution in [0.1, 0.15) is 12.5 Å². The van der Waals surface area contributed by atoms with E-state index >= 15 is 0 Å². The highest BCUT2D eigenvalue weighted by Crippen LogP contribution is 2.12. The maximum atomic E-state index is 12.0. The lowest BCUT2D eigenvalue weighted by atomic mass is 10.1. The molecule has 0 bridgehead atoms. The first kappa shape index (κ1) is 16.8. The van der Waals surface area contributed by atoms with E-state index in [9.17, 15) is 4.79 Å². The molecule has 0 radical (unpaired) electrons. The molecule has 1 atom stereocenters. The van der Waals surface area contributed by atoms with E-state index in [0.717, 1.165) is 44.0 Å². The van der Waals surface area contributed by atoms with Crippen LogP contribution >= 0.6 is 0 Å². The average molecular weight is 306 g/mol. The van der Waals surface area contributed by atoms with E-state index in [0.29, 0.717) is 6.42 Å². The number of esters is 1. The Labute approximate surface area is 132 Å². The van der Waals surface area contributed by atoms with Crippen molar-refractivity contribution in [3.05, 3.63) is 29.8 Å². The topological polar surface area (TPSA) is 42.0 Å². The van der Waals surface area contributed by atoms with Crippen molar-refractivity contribution in [1.82, 2.24) is 9.80 Å². The van der Waals surface area contributed by atoms with Crippen LogP contribution in [-0.4, -0.2) is 68.8 Å². The molecule has 1 heterocycles.